The first-order valence-electron chi connectivity index (χ1n) is 3.98. The summed E-state index contributed by atoms with van der Waals surface area (Å²) in [7, 11) is 0. The van der Waals surface area contributed by atoms with Gasteiger partial charge in [0.25, 0.3) is 0 Å². The van der Waals surface area contributed by atoms with Gasteiger partial charge >= 0.3 is 6.18 Å². The fourth-order valence-corrected chi connectivity index (χ4v) is 0.939. The molecule has 0 atom stereocenters. The molecule has 1 aromatic heterocycles. The lowest BCUT2D eigenvalue weighted by Crippen LogP contribution is -2.12. The quantitative estimate of drug-likeness (QED) is 0.796. The molecule has 0 saturated heterocycles. The van der Waals surface area contributed by atoms with E-state index in [0.717, 1.165) is 6.42 Å². The van der Waals surface area contributed by atoms with E-state index in [1.165, 1.54) is 0 Å². The zero-order valence-electron chi connectivity index (χ0n) is 7.15. The van der Waals surface area contributed by atoms with E-state index in [0.29, 0.717) is 12.2 Å². The van der Waals surface area contributed by atoms with Crippen LogP contribution in [0.5, 0.6) is 0 Å². The van der Waals surface area contributed by atoms with Crippen LogP contribution >= 0.6 is 0 Å². The number of hydrogen-bond acceptors (Lipinski definition) is 2. The Morgan fingerprint density at radius 3 is 2.62 bits per heavy atom. The maximum atomic E-state index is 11.8. The second kappa shape index (κ2) is 3.76. The highest BCUT2D eigenvalue weighted by molar-refractivity contribution is 4.92. The second-order valence-electron chi connectivity index (χ2n) is 2.74. The van der Waals surface area contributed by atoms with Crippen molar-refractivity contribution < 1.29 is 13.2 Å². The molecule has 1 heterocycles. The fraction of sp³-hybridized carbons (Fsp3) is 0.714. The van der Waals surface area contributed by atoms with Gasteiger partial charge in [-0.3, -0.25) is 5.10 Å². The van der Waals surface area contributed by atoms with E-state index < -0.39 is 12.6 Å². The monoisotopic (exact) mass is 193 g/mol. The Morgan fingerprint density at radius 1 is 1.38 bits per heavy atom. The molecular formula is C7H10F3N3. The number of nitrogens with zero attached hydrogens (tertiary/aromatic N) is 2. The minimum atomic E-state index is -4.22. The third-order valence-electron chi connectivity index (χ3n) is 1.42. The van der Waals surface area contributed by atoms with E-state index in [-0.39, 0.29) is 5.82 Å². The molecule has 0 saturated carbocycles. The highest BCUT2D eigenvalue weighted by atomic mass is 19.4. The Morgan fingerprint density at radius 2 is 2.08 bits per heavy atom. The Kier molecular flexibility index (Phi) is 2.90. The van der Waals surface area contributed by atoms with Crippen LogP contribution in [0.2, 0.25) is 0 Å². The van der Waals surface area contributed by atoms with Gasteiger partial charge in [0.15, 0.2) is 5.82 Å². The van der Waals surface area contributed by atoms with Crippen LogP contribution in [0, 0.1) is 0 Å². The summed E-state index contributed by atoms with van der Waals surface area (Å²) < 4.78 is 35.5. The van der Waals surface area contributed by atoms with Gasteiger partial charge in [-0.2, -0.15) is 18.3 Å². The van der Waals surface area contributed by atoms with E-state index in [2.05, 4.69) is 15.2 Å². The molecule has 1 rings (SSSR count). The molecule has 74 valence electrons. The Labute approximate surface area is 73.4 Å². The predicted molar refractivity (Wildman–Crippen MR) is 40.1 cm³/mol. The van der Waals surface area contributed by atoms with Crippen molar-refractivity contribution in [3.05, 3.63) is 11.6 Å². The summed E-state index contributed by atoms with van der Waals surface area (Å²) in [5.74, 6) is 0.331. The van der Waals surface area contributed by atoms with Gasteiger partial charge < -0.3 is 0 Å². The predicted octanol–water partition coefficient (Wildman–Crippen LogP) is 1.86. The summed E-state index contributed by atoms with van der Waals surface area (Å²) in [6, 6.07) is 0. The Bertz CT molecular complexity index is 266. The summed E-state index contributed by atoms with van der Waals surface area (Å²) in [5.41, 5.74) is 0. The molecule has 0 radical (unpaired) electrons. The lowest BCUT2D eigenvalue weighted by atomic mass is 10.3. The van der Waals surface area contributed by atoms with Crippen molar-refractivity contribution in [2.75, 3.05) is 0 Å². The number of nitrogens with one attached hydrogen (secondary N) is 1. The van der Waals surface area contributed by atoms with Gasteiger partial charge in [0, 0.05) is 6.42 Å². The van der Waals surface area contributed by atoms with Gasteiger partial charge in [0.2, 0.25) is 0 Å². The van der Waals surface area contributed by atoms with Crippen LogP contribution in [-0.4, -0.2) is 21.4 Å². The zero-order valence-corrected chi connectivity index (χ0v) is 7.15. The van der Waals surface area contributed by atoms with E-state index in [1.54, 1.807) is 0 Å². The van der Waals surface area contributed by atoms with E-state index in [1.807, 2.05) is 6.92 Å². The second-order valence-corrected chi connectivity index (χ2v) is 2.74. The van der Waals surface area contributed by atoms with Gasteiger partial charge in [0.1, 0.15) is 12.2 Å². The molecule has 3 nitrogen and oxygen atoms in total. The molecule has 0 fully saturated rings. The normalized spacial score (nSPS) is 12.0. The molecule has 0 spiro atoms. The van der Waals surface area contributed by atoms with Crippen LogP contribution in [0.15, 0.2) is 0 Å². The Balaban J connectivity index is 2.59. The molecule has 0 aliphatic rings. The molecule has 1 N–H and O–H groups in total. The Hall–Kier alpha value is -1.07. The number of aromatic nitrogens is 3. The van der Waals surface area contributed by atoms with Crippen molar-refractivity contribution in [2.45, 2.75) is 32.4 Å². The summed E-state index contributed by atoms with van der Waals surface area (Å²) in [5, 5.41) is 5.92. The minimum Gasteiger partial charge on any atom is -0.263 e. The fourth-order valence-electron chi connectivity index (χ4n) is 0.939. The number of hydrogen-bond donors (Lipinski definition) is 1. The third kappa shape index (κ3) is 3.43. The summed E-state index contributed by atoms with van der Waals surface area (Å²) in [6.07, 6.45) is -3.83. The summed E-state index contributed by atoms with van der Waals surface area (Å²) in [6.45, 7) is 1.92. The number of H-pyrrole nitrogens is 1. The highest BCUT2D eigenvalue weighted by Gasteiger charge is 2.29. The smallest absolute Gasteiger partial charge is 0.263 e. The van der Waals surface area contributed by atoms with Crippen LogP contribution < -0.4 is 0 Å². The largest absolute Gasteiger partial charge is 0.396 e. The third-order valence-corrected chi connectivity index (χ3v) is 1.42. The first kappa shape index (κ1) is 10.0. The molecular weight excluding hydrogens is 183 g/mol. The molecule has 0 aromatic carbocycles. The van der Waals surface area contributed by atoms with Crippen molar-refractivity contribution in [1.82, 2.24) is 15.2 Å². The van der Waals surface area contributed by atoms with Gasteiger partial charge in [-0.1, -0.05) is 6.92 Å². The van der Waals surface area contributed by atoms with Gasteiger partial charge in [-0.15, -0.1) is 0 Å². The summed E-state index contributed by atoms with van der Waals surface area (Å²) >= 11 is 0. The van der Waals surface area contributed by atoms with Crippen LogP contribution in [-0.2, 0) is 12.8 Å². The summed E-state index contributed by atoms with van der Waals surface area (Å²) in [4.78, 5) is 3.70. The van der Waals surface area contributed by atoms with Crippen LogP contribution in [0.25, 0.3) is 0 Å². The van der Waals surface area contributed by atoms with Crippen molar-refractivity contribution in [1.29, 1.82) is 0 Å². The average molecular weight is 193 g/mol. The molecule has 0 bridgehead atoms. The molecule has 1 aromatic rings. The van der Waals surface area contributed by atoms with Gasteiger partial charge in [-0.05, 0) is 6.42 Å². The van der Waals surface area contributed by atoms with Crippen molar-refractivity contribution >= 4 is 0 Å². The highest BCUT2D eigenvalue weighted by Crippen LogP contribution is 2.18. The lowest BCUT2D eigenvalue weighted by molar-refractivity contribution is -0.128. The van der Waals surface area contributed by atoms with Crippen LogP contribution in [0.3, 0.4) is 0 Å². The topological polar surface area (TPSA) is 41.6 Å². The van der Waals surface area contributed by atoms with Crippen molar-refractivity contribution in [3.8, 4) is 0 Å². The van der Waals surface area contributed by atoms with E-state index in [9.17, 15) is 13.2 Å². The maximum Gasteiger partial charge on any atom is 0.396 e. The average Bonchev–Trinajstić information content (AvgIpc) is 2.33. The van der Waals surface area contributed by atoms with E-state index >= 15 is 0 Å². The maximum absolute atomic E-state index is 11.8. The first-order chi connectivity index (χ1) is 6.01. The lowest BCUT2D eigenvalue weighted by Gasteiger charge is -2.00. The molecule has 0 unspecified atom stereocenters. The first-order valence-corrected chi connectivity index (χ1v) is 3.98. The number of rotatable bonds is 3. The number of halogens is 3. The molecule has 0 aliphatic carbocycles. The molecule has 6 heteroatoms. The molecule has 13 heavy (non-hydrogen) atoms. The minimum absolute atomic E-state index is 0.115. The van der Waals surface area contributed by atoms with Crippen LogP contribution in [0.4, 0.5) is 13.2 Å². The van der Waals surface area contributed by atoms with Crippen molar-refractivity contribution in [2.24, 2.45) is 0 Å². The van der Waals surface area contributed by atoms with Gasteiger partial charge in [-0.25, -0.2) is 4.98 Å². The van der Waals surface area contributed by atoms with Crippen molar-refractivity contribution in [3.63, 3.8) is 0 Å². The number of alkyl halides is 3. The van der Waals surface area contributed by atoms with Gasteiger partial charge in [0.05, 0.1) is 0 Å². The van der Waals surface area contributed by atoms with E-state index in [4.69, 9.17) is 0 Å². The van der Waals surface area contributed by atoms with Crippen LogP contribution in [0.1, 0.15) is 25.0 Å². The number of aromatic amines is 1. The molecule has 0 amide bonds. The standard InChI is InChI=1S/C7H10F3N3/c1-2-3-5-11-6(13-12-5)4-7(8,9)10/h2-4H2,1H3,(H,11,12,13). The zero-order chi connectivity index (χ0) is 9.90. The molecule has 0 aliphatic heterocycles. The number of aryl methyl sites for hydroxylation is 1. The SMILES string of the molecule is CCCc1n[nH]c(CC(F)(F)F)n1.